The number of methoxy groups -OCH3 is 2. The maximum atomic E-state index is 12.7. The standard InChI is InChI=1S/C18H20N2O4/c1-18(2,12-8-6-5-7-9-12)17(22)20-13-10-14(16(21)24-4)15(23-3)19-11-13/h5-11H,1-4H3,(H,20,22). The third kappa shape index (κ3) is 3.53. The number of carbonyl (C=O) groups is 2. The summed E-state index contributed by atoms with van der Waals surface area (Å²) in [6, 6.07) is 10.9. The van der Waals surface area contributed by atoms with Gasteiger partial charge in [-0.15, -0.1) is 0 Å². The smallest absolute Gasteiger partial charge is 0.343 e. The Labute approximate surface area is 140 Å². The maximum absolute atomic E-state index is 12.7. The number of benzene rings is 1. The van der Waals surface area contributed by atoms with Gasteiger partial charge in [0, 0.05) is 0 Å². The molecule has 2 rings (SSSR count). The average molecular weight is 328 g/mol. The monoisotopic (exact) mass is 328 g/mol. The van der Waals surface area contributed by atoms with Crippen molar-refractivity contribution in [1.82, 2.24) is 4.98 Å². The minimum Gasteiger partial charge on any atom is -0.480 e. The Morgan fingerprint density at radius 2 is 1.79 bits per heavy atom. The van der Waals surface area contributed by atoms with Crippen LogP contribution < -0.4 is 10.1 Å². The Morgan fingerprint density at radius 1 is 1.12 bits per heavy atom. The second kappa shape index (κ2) is 7.12. The lowest BCUT2D eigenvalue weighted by atomic mass is 9.83. The van der Waals surface area contributed by atoms with Crippen LogP contribution in [0.4, 0.5) is 5.69 Å². The third-order valence-electron chi connectivity index (χ3n) is 3.77. The van der Waals surface area contributed by atoms with Crippen LogP contribution in [0.25, 0.3) is 0 Å². The highest BCUT2D eigenvalue weighted by atomic mass is 16.5. The normalized spacial score (nSPS) is 10.8. The van der Waals surface area contributed by atoms with Gasteiger partial charge in [-0.1, -0.05) is 30.3 Å². The summed E-state index contributed by atoms with van der Waals surface area (Å²) < 4.78 is 9.74. The summed E-state index contributed by atoms with van der Waals surface area (Å²) in [7, 11) is 2.68. The Morgan fingerprint density at radius 3 is 2.38 bits per heavy atom. The highest BCUT2D eigenvalue weighted by molar-refractivity contribution is 6.00. The number of rotatable bonds is 5. The van der Waals surface area contributed by atoms with Gasteiger partial charge < -0.3 is 14.8 Å². The highest BCUT2D eigenvalue weighted by Crippen LogP contribution is 2.26. The number of aromatic nitrogens is 1. The number of hydrogen-bond acceptors (Lipinski definition) is 5. The van der Waals surface area contributed by atoms with Crippen LogP contribution in [0.2, 0.25) is 0 Å². The van der Waals surface area contributed by atoms with Gasteiger partial charge in [0.25, 0.3) is 0 Å². The van der Waals surface area contributed by atoms with Gasteiger partial charge in [-0.05, 0) is 25.5 Å². The van der Waals surface area contributed by atoms with Gasteiger partial charge in [0.2, 0.25) is 11.8 Å². The van der Waals surface area contributed by atoms with Crippen LogP contribution >= 0.6 is 0 Å². The summed E-state index contributed by atoms with van der Waals surface area (Å²) in [6.45, 7) is 3.66. The van der Waals surface area contributed by atoms with Crippen molar-refractivity contribution in [2.75, 3.05) is 19.5 Å². The van der Waals surface area contributed by atoms with Crippen LogP contribution in [-0.4, -0.2) is 31.1 Å². The SMILES string of the molecule is COC(=O)c1cc(NC(=O)C(C)(C)c2ccccc2)cnc1OC. The zero-order valence-electron chi connectivity index (χ0n) is 14.1. The van der Waals surface area contributed by atoms with Gasteiger partial charge in [-0.25, -0.2) is 9.78 Å². The number of anilines is 1. The summed E-state index contributed by atoms with van der Waals surface area (Å²) in [5.41, 5.74) is 0.685. The number of pyridine rings is 1. The van der Waals surface area contributed by atoms with E-state index in [9.17, 15) is 9.59 Å². The first kappa shape index (κ1) is 17.5. The number of amides is 1. The molecule has 6 nitrogen and oxygen atoms in total. The molecule has 6 heteroatoms. The van der Waals surface area contributed by atoms with E-state index in [1.54, 1.807) is 0 Å². The molecule has 126 valence electrons. The number of nitrogens with zero attached hydrogens (tertiary/aromatic N) is 1. The largest absolute Gasteiger partial charge is 0.480 e. The number of nitrogens with one attached hydrogen (secondary N) is 1. The third-order valence-corrected chi connectivity index (χ3v) is 3.77. The van der Waals surface area contributed by atoms with Crippen LogP contribution in [-0.2, 0) is 14.9 Å². The van der Waals surface area contributed by atoms with E-state index in [0.29, 0.717) is 5.69 Å². The topological polar surface area (TPSA) is 77.5 Å². The molecule has 1 aromatic carbocycles. The zero-order valence-corrected chi connectivity index (χ0v) is 14.1. The first-order valence-electron chi connectivity index (χ1n) is 7.39. The van der Waals surface area contributed by atoms with Gasteiger partial charge in [0.05, 0.1) is 31.5 Å². The molecular weight excluding hydrogens is 308 g/mol. The molecule has 0 radical (unpaired) electrons. The predicted molar refractivity (Wildman–Crippen MR) is 90.2 cm³/mol. The Balaban J connectivity index is 2.27. The lowest BCUT2D eigenvalue weighted by Gasteiger charge is -2.24. The maximum Gasteiger partial charge on any atom is 0.343 e. The molecule has 1 amide bonds. The molecule has 1 N–H and O–H groups in total. The van der Waals surface area contributed by atoms with Gasteiger partial charge in [-0.2, -0.15) is 0 Å². The summed E-state index contributed by atoms with van der Waals surface area (Å²) in [5.74, 6) is -0.656. The average Bonchev–Trinajstić information content (AvgIpc) is 2.61. The van der Waals surface area contributed by atoms with E-state index in [0.717, 1.165) is 5.56 Å². The highest BCUT2D eigenvalue weighted by Gasteiger charge is 2.30. The first-order valence-corrected chi connectivity index (χ1v) is 7.39. The summed E-state index contributed by atoms with van der Waals surface area (Å²) in [6.07, 6.45) is 1.43. The number of ether oxygens (including phenoxy) is 2. The molecule has 0 aliphatic rings. The van der Waals surface area contributed by atoms with Crippen LogP contribution in [0.5, 0.6) is 5.88 Å². The van der Waals surface area contributed by atoms with Crippen molar-refractivity contribution < 1.29 is 19.1 Å². The van der Waals surface area contributed by atoms with E-state index in [1.165, 1.54) is 26.5 Å². The fraction of sp³-hybridized carbons (Fsp3) is 0.278. The Bertz CT molecular complexity index is 742. The molecule has 24 heavy (non-hydrogen) atoms. The van der Waals surface area contributed by atoms with Crippen molar-refractivity contribution in [1.29, 1.82) is 0 Å². The van der Waals surface area contributed by atoms with Gasteiger partial charge >= 0.3 is 5.97 Å². The van der Waals surface area contributed by atoms with Gasteiger partial charge in [-0.3, -0.25) is 4.79 Å². The summed E-state index contributed by atoms with van der Waals surface area (Å²) in [5, 5.41) is 2.79. The fourth-order valence-corrected chi connectivity index (χ4v) is 2.21. The molecule has 2 aromatic rings. The number of esters is 1. The first-order chi connectivity index (χ1) is 11.4. The Hall–Kier alpha value is -2.89. The van der Waals surface area contributed by atoms with E-state index in [4.69, 9.17) is 9.47 Å². The lowest BCUT2D eigenvalue weighted by Crippen LogP contribution is -2.34. The van der Waals surface area contributed by atoms with E-state index < -0.39 is 11.4 Å². The molecule has 0 spiro atoms. The minimum absolute atomic E-state index is 0.141. The molecule has 0 saturated carbocycles. The molecule has 0 aliphatic carbocycles. The molecule has 0 saturated heterocycles. The van der Waals surface area contributed by atoms with Crippen LogP contribution in [0, 0.1) is 0 Å². The van der Waals surface area contributed by atoms with Crippen molar-refractivity contribution in [2.45, 2.75) is 19.3 Å². The van der Waals surface area contributed by atoms with Crippen LogP contribution in [0.3, 0.4) is 0 Å². The quantitative estimate of drug-likeness (QED) is 0.854. The van der Waals surface area contributed by atoms with E-state index >= 15 is 0 Å². The summed E-state index contributed by atoms with van der Waals surface area (Å²) in [4.78, 5) is 28.5. The molecule has 0 aliphatic heterocycles. The lowest BCUT2D eigenvalue weighted by molar-refractivity contribution is -0.120. The van der Waals surface area contributed by atoms with Crippen molar-refractivity contribution >= 4 is 17.6 Å². The summed E-state index contributed by atoms with van der Waals surface area (Å²) >= 11 is 0. The van der Waals surface area contributed by atoms with Crippen molar-refractivity contribution in [2.24, 2.45) is 0 Å². The molecule has 1 heterocycles. The van der Waals surface area contributed by atoms with Gasteiger partial charge in [0.15, 0.2) is 0 Å². The Kier molecular flexibility index (Phi) is 5.18. The van der Waals surface area contributed by atoms with Crippen molar-refractivity contribution in [3.8, 4) is 5.88 Å². The molecule has 0 atom stereocenters. The van der Waals surface area contributed by atoms with Crippen LogP contribution in [0.15, 0.2) is 42.6 Å². The number of hydrogen-bond donors (Lipinski definition) is 1. The fourth-order valence-electron chi connectivity index (χ4n) is 2.21. The van der Waals surface area contributed by atoms with Crippen LogP contribution in [0.1, 0.15) is 29.8 Å². The van der Waals surface area contributed by atoms with Crippen molar-refractivity contribution in [3.05, 3.63) is 53.7 Å². The van der Waals surface area contributed by atoms with Crippen molar-refractivity contribution in [3.63, 3.8) is 0 Å². The second-order valence-corrected chi connectivity index (χ2v) is 5.72. The van der Waals surface area contributed by atoms with E-state index in [2.05, 4.69) is 10.3 Å². The second-order valence-electron chi connectivity index (χ2n) is 5.72. The molecule has 0 unspecified atom stereocenters. The van der Waals surface area contributed by atoms with E-state index in [1.807, 2.05) is 44.2 Å². The molecular formula is C18H20N2O4. The van der Waals surface area contributed by atoms with E-state index in [-0.39, 0.29) is 17.4 Å². The molecule has 0 fully saturated rings. The zero-order chi connectivity index (χ0) is 17.7. The number of carbonyl (C=O) groups excluding carboxylic acids is 2. The molecule has 0 bridgehead atoms. The molecule has 1 aromatic heterocycles. The van der Waals surface area contributed by atoms with Gasteiger partial charge in [0.1, 0.15) is 5.56 Å². The minimum atomic E-state index is -0.743. The predicted octanol–water partition coefficient (Wildman–Crippen LogP) is 2.79.